The third-order valence-corrected chi connectivity index (χ3v) is 4.83. The Hall–Kier alpha value is -2.76. The number of hydrogen-bond acceptors (Lipinski definition) is 3. The molecule has 3 rings (SSSR count). The first-order valence-electron chi connectivity index (χ1n) is 9.56. The molecule has 148 valence electrons. The van der Waals surface area contributed by atoms with Crippen molar-refractivity contribution in [1.29, 1.82) is 0 Å². The van der Waals surface area contributed by atoms with Gasteiger partial charge in [-0.15, -0.1) is 0 Å². The molecule has 0 saturated heterocycles. The van der Waals surface area contributed by atoms with Crippen LogP contribution in [0.1, 0.15) is 61.6 Å². The van der Waals surface area contributed by atoms with E-state index in [9.17, 15) is 14.3 Å². The fourth-order valence-electron chi connectivity index (χ4n) is 3.39. The van der Waals surface area contributed by atoms with Crippen molar-refractivity contribution < 1.29 is 14.3 Å². The van der Waals surface area contributed by atoms with Gasteiger partial charge in [-0.05, 0) is 48.1 Å². The summed E-state index contributed by atoms with van der Waals surface area (Å²) >= 11 is 0. The van der Waals surface area contributed by atoms with E-state index in [4.69, 9.17) is 0 Å². The molecule has 0 spiro atoms. The number of fused-ring (bicyclic) bond motifs is 1. The van der Waals surface area contributed by atoms with Crippen LogP contribution in [0.25, 0.3) is 10.9 Å². The van der Waals surface area contributed by atoms with E-state index in [1.807, 2.05) is 4.68 Å². The number of hydrogen-bond donors (Lipinski definition) is 1. The summed E-state index contributed by atoms with van der Waals surface area (Å²) in [6.45, 7) is 7.43. The molecule has 0 aliphatic rings. The third kappa shape index (κ3) is 4.74. The first-order valence-corrected chi connectivity index (χ1v) is 9.56. The second-order valence-electron chi connectivity index (χ2n) is 8.36. The summed E-state index contributed by atoms with van der Waals surface area (Å²) in [6.07, 6.45) is 6.50. The van der Waals surface area contributed by atoms with Crippen LogP contribution in [-0.4, -0.2) is 25.8 Å². The van der Waals surface area contributed by atoms with Gasteiger partial charge in [0.2, 0.25) is 0 Å². The number of nitrogens with zero attached hydrogens (tertiary/aromatic N) is 3. The van der Waals surface area contributed by atoms with Crippen LogP contribution in [0.2, 0.25) is 0 Å². The van der Waals surface area contributed by atoms with Crippen LogP contribution in [0, 0.1) is 11.2 Å². The number of aromatic nitrogens is 3. The van der Waals surface area contributed by atoms with Crippen molar-refractivity contribution in [1.82, 2.24) is 14.8 Å². The molecule has 1 aromatic carbocycles. The highest BCUT2D eigenvalue weighted by molar-refractivity contribution is 5.89. The van der Waals surface area contributed by atoms with Crippen LogP contribution < -0.4 is 0 Å². The minimum atomic E-state index is -1.01. The zero-order valence-electron chi connectivity index (χ0n) is 16.6. The first kappa shape index (κ1) is 20.0. The fourth-order valence-corrected chi connectivity index (χ4v) is 3.39. The van der Waals surface area contributed by atoms with E-state index < -0.39 is 5.97 Å². The highest BCUT2D eigenvalue weighted by atomic mass is 19.1. The molecule has 0 unspecified atom stereocenters. The topological polar surface area (TPSA) is 68.0 Å². The average Bonchev–Trinajstić information content (AvgIpc) is 2.95. The van der Waals surface area contributed by atoms with Crippen molar-refractivity contribution in [3.63, 3.8) is 0 Å². The van der Waals surface area contributed by atoms with Crippen molar-refractivity contribution in [3.05, 3.63) is 59.3 Å². The number of carbonyl (C=O) groups is 1. The maximum atomic E-state index is 13.9. The van der Waals surface area contributed by atoms with Gasteiger partial charge in [-0.25, -0.2) is 9.18 Å². The molecule has 0 aliphatic heterocycles. The minimum Gasteiger partial charge on any atom is -0.478 e. The van der Waals surface area contributed by atoms with Gasteiger partial charge in [0, 0.05) is 30.7 Å². The highest BCUT2D eigenvalue weighted by Crippen LogP contribution is 2.25. The number of halogens is 1. The maximum absolute atomic E-state index is 13.9. The van der Waals surface area contributed by atoms with Crippen molar-refractivity contribution in [2.24, 2.45) is 5.41 Å². The molecule has 2 aromatic heterocycles. The Morgan fingerprint density at radius 2 is 2.00 bits per heavy atom. The SMILES string of the molecule is CC(C)(C)CCCCn1nc(Cc2cnccc2C(=O)O)c2cc(F)ccc21. The van der Waals surface area contributed by atoms with E-state index in [0.29, 0.717) is 23.1 Å². The van der Waals surface area contributed by atoms with Gasteiger partial charge in [0.1, 0.15) is 5.82 Å². The van der Waals surface area contributed by atoms with Gasteiger partial charge < -0.3 is 5.11 Å². The number of aromatic carboxylic acids is 1. The van der Waals surface area contributed by atoms with E-state index in [2.05, 4.69) is 30.9 Å². The summed E-state index contributed by atoms with van der Waals surface area (Å²) in [6, 6.07) is 6.13. The standard InChI is InChI=1S/C22H26FN3O2/c1-22(2,3)9-4-5-11-26-20-7-6-16(23)13-18(20)19(25-26)12-15-14-24-10-8-17(15)21(27)28/h6-8,10,13-14H,4-5,9,11-12H2,1-3H3,(H,27,28). The summed E-state index contributed by atoms with van der Waals surface area (Å²) in [7, 11) is 0. The molecule has 0 aliphatic carbocycles. The lowest BCUT2D eigenvalue weighted by Crippen LogP contribution is -2.07. The molecule has 0 fully saturated rings. The molecule has 1 N–H and O–H groups in total. The van der Waals surface area contributed by atoms with Crippen LogP contribution in [0.5, 0.6) is 0 Å². The lowest BCUT2D eigenvalue weighted by atomic mass is 9.90. The van der Waals surface area contributed by atoms with Crippen molar-refractivity contribution in [2.75, 3.05) is 0 Å². The van der Waals surface area contributed by atoms with Crippen LogP contribution >= 0.6 is 0 Å². The predicted molar refractivity (Wildman–Crippen MR) is 107 cm³/mol. The van der Waals surface area contributed by atoms with E-state index in [0.717, 1.165) is 36.7 Å². The summed E-state index contributed by atoms with van der Waals surface area (Å²) in [4.78, 5) is 15.5. The van der Waals surface area contributed by atoms with E-state index in [-0.39, 0.29) is 11.4 Å². The van der Waals surface area contributed by atoms with Crippen LogP contribution in [0.4, 0.5) is 4.39 Å². The van der Waals surface area contributed by atoms with Crippen molar-refractivity contribution in [3.8, 4) is 0 Å². The first-order chi connectivity index (χ1) is 13.2. The predicted octanol–water partition coefficient (Wildman–Crippen LogP) is 5.08. The van der Waals surface area contributed by atoms with Gasteiger partial charge in [-0.3, -0.25) is 9.67 Å². The maximum Gasteiger partial charge on any atom is 0.336 e. The molecule has 0 bridgehead atoms. The lowest BCUT2D eigenvalue weighted by Gasteiger charge is -2.17. The zero-order chi connectivity index (χ0) is 20.3. The molecular formula is C22H26FN3O2. The number of rotatable bonds is 7. The number of carboxylic acid groups (broad SMARTS) is 1. The molecule has 5 nitrogen and oxygen atoms in total. The summed E-state index contributed by atoms with van der Waals surface area (Å²) in [5.41, 5.74) is 2.60. The Labute approximate surface area is 164 Å². The van der Waals surface area contributed by atoms with E-state index >= 15 is 0 Å². The Bertz CT molecular complexity index is 989. The van der Waals surface area contributed by atoms with E-state index in [1.54, 1.807) is 6.07 Å². The third-order valence-electron chi connectivity index (χ3n) is 4.83. The normalized spacial score (nSPS) is 11.9. The highest BCUT2D eigenvalue weighted by Gasteiger charge is 2.16. The number of pyridine rings is 1. The van der Waals surface area contributed by atoms with Gasteiger partial charge >= 0.3 is 5.97 Å². The van der Waals surface area contributed by atoms with Gasteiger partial charge in [0.25, 0.3) is 0 Å². The Balaban J connectivity index is 1.89. The molecule has 0 atom stereocenters. The lowest BCUT2D eigenvalue weighted by molar-refractivity contribution is 0.0695. The average molecular weight is 383 g/mol. The minimum absolute atomic E-state index is 0.194. The van der Waals surface area contributed by atoms with Crippen molar-refractivity contribution in [2.45, 2.75) is 53.0 Å². The summed E-state index contributed by atoms with van der Waals surface area (Å²) < 4.78 is 15.8. The molecule has 6 heteroatoms. The van der Waals surface area contributed by atoms with Gasteiger partial charge in [0.15, 0.2) is 0 Å². The van der Waals surface area contributed by atoms with Gasteiger partial charge in [0.05, 0.1) is 16.8 Å². The molecule has 28 heavy (non-hydrogen) atoms. The Kier molecular flexibility index (Phi) is 5.77. The molecule has 3 aromatic rings. The number of unbranched alkanes of at least 4 members (excludes halogenated alkanes) is 1. The van der Waals surface area contributed by atoms with E-state index in [1.165, 1.54) is 30.6 Å². The quantitative estimate of drug-likeness (QED) is 0.578. The van der Waals surface area contributed by atoms with Crippen molar-refractivity contribution >= 4 is 16.9 Å². The Morgan fingerprint density at radius 1 is 1.21 bits per heavy atom. The van der Waals surface area contributed by atoms with Crippen LogP contribution in [-0.2, 0) is 13.0 Å². The number of aryl methyl sites for hydroxylation is 1. The second-order valence-corrected chi connectivity index (χ2v) is 8.36. The van der Waals surface area contributed by atoms with Crippen LogP contribution in [0.15, 0.2) is 36.7 Å². The summed E-state index contributed by atoms with van der Waals surface area (Å²) in [5, 5.41) is 14.8. The molecule has 2 heterocycles. The molecular weight excluding hydrogens is 357 g/mol. The largest absolute Gasteiger partial charge is 0.478 e. The van der Waals surface area contributed by atoms with Gasteiger partial charge in [-0.1, -0.05) is 27.2 Å². The number of carboxylic acids is 1. The van der Waals surface area contributed by atoms with Crippen LogP contribution in [0.3, 0.4) is 0 Å². The summed E-state index contributed by atoms with van der Waals surface area (Å²) in [5.74, 6) is -1.33. The molecule has 0 amide bonds. The Morgan fingerprint density at radius 3 is 2.71 bits per heavy atom. The zero-order valence-corrected chi connectivity index (χ0v) is 16.6. The van der Waals surface area contributed by atoms with Gasteiger partial charge in [-0.2, -0.15) is 5.10 Å². The number of benzene rings is 1. The monoisotopic (exact) mass is 383 g/mol. The fraction of sp³-hybridized carbons (Fsp3) is 0.409. The smallest absolute Gasteiger partial charge is 0.336 e. The molecule has 0 saturated carbocycles. The molecule has 0 radical (unpaired) electrons. The second kappa shape index (κ2) is 8.09.